The molecular formula is C14H19F3N2. The van der Waals surface area contributed by atoms with Gasteiger partial charge in [-0.05, 0) is 44.7 Å². The molecule has 0 amide bonds. The molecule has 0 aromatic heterocycles. The normalized spacial score (nSPS) is 19.1. The molecule has 0 spiro atoms. The Labute approximate surface area is 111 Å². The summed E-state index contributed by atoms with van der Waals surface area (Å²) < 4.78 is 38.4. The van der Waals surface area contributed by atoms with Gasteiger partial charge in [0.15, 0.2) is 0 Å². The van der Waals surface area contributed by atoms with Crippen LogP contribution in [-0.4, -0.2) is 26.2 Å². The van der Waals surface area contributed by atoms with Crippen LogP contribution in [0.15, 0.2) is 18.2 Å². The molecule has 106 valence electrons. The molecule has 0 saturated heterocycles. The molecule has 2 nitrogen and oxygen atoms in total. The van der Waals surface area contributed by atoms with Gasteiger partial charge in [0.2, 0.25) is 0 Å². The second-order valence-electron chi connectivity index (χ2n) is 5.27. The zero-order valence-corrected chi connectivity index (χ0v) is 11.4. The van der Waals surface area contributed by atoms with Crippen molar-refractivity contribution >= 4 is 5.69 Å². The fourth-order valence-corrected chi connectivity index (χ4v) is 2.66. The third-order valence-corrected chi connectivity index (χ3v) is 3.60. The third-order valence-electron chi connectivity index (χ3n) is 3.60. The smallest absolute Gasteiger partial charge is 0.368 e. The van der Waals surface area contributed by atoms with Crippen LogP contribution in [0.25, 0.3) is 0 Å². The van der Waals surface area contributed by atoms with Crippen molar-refractivity contribution < 1.29 is 13.2 Å². The number of nitrogens with one attached hydrogen (secondary N) is 1. The van der Waals surface area contributed by atoms with Crippen molar-refractivity contribution in [2.24, 2.45) is 0 Å². The predicted molar refractivity (Wildman–Crippen MR) is 70.6 cm³/mol. The van der Waals surface area contributed by atoms with E-state index in [1.165, 1.54) is 12.1 Å². The summed E-state index contributed by atoms with van der Waals surface area (Å²) in [6, 6.07) is 4.38. The molecule has 1 heterocycles. The van der Waals surface area contributed by atoms with Crippen LogP contribution in [-0.2, 0) is 6.18 Å². The SMILES string of the molecule is CNCC1CN(C(C)C)c2ccc(C(F)(F)F)cc21. The number of nitrogens with zero attached hydrogens (tertiary/aromatic N) is 1. The minimum atomic E-state index is -4.27. The number of hydrogen-bond donors (Lipinski definition) is 1. The van der Waals surface area contributed by atoms with E-state index >= 15 is 0 Å². The summed E-state index contributed by atoms with van der Waals surface area (Å²) in [6.45, 7) is 5.58. The molecule has 1 aromatic rings. The maximum Gasteiger partial charge on any atom is 0.416 e. The van der Waals surface area contributed by atoms with Crippen LogP contribution in [0.4, 0.5) is 18.9 Å². The Morgan fingerprint density at radius 1 is 1.37 bits per heavy atom. The zero-order chi connectivity index (χ0) is 14.2. The van der Waals surface area contributed by atoms with Crippen LogP contribution in [0.3, 0.4) is 0 Å². The fraction of sp³-hybridized carbons (Fsp3) is 0.571. The zero-order valence-electron chi connectivity index (χ0n) is 11.4. The molecular weight excluding hydrogens is 253 g/mol. The number of rotatable bonds is 3. The summed E-state index contributed by atoms with van der Waals surface area (Å²) in [4.78, 5) is 2.16. The second-order valence-corrected chi connectivity index (χ2v) is 5.27. The third kappa shape index (κ3) is 2.71. The number of fused-ring (bicyclic) bond motifs is 1. The van der Waals surface area contributed by atoms with Gasteiger partial charge in [-0.2, -0.15) is 13.2 Å². The molecule has 19 heavy (non-hydrogen) atoms. The van der Waals surface area contributed by atoms with Crippen molar-refractivity contribution in [3.05, 3.63) is 29.3 Å². The molecule has 1 unspecified atom stereocenters. The first-order chi connectivity index (χ1) is 8.84. The molecule has 0 fully saturated rings. The summed E-state index contributed by atoms with van der Waals surface area (Å²) >= 11 is 0. The average Bonchev–Trinajstić information content (AvgIpc) is 2.67. The maximum absolute atomic E-state index is 12.8. The van der Waals surface area contributed by atoms with E-state index in [2.05, 4.69) is 24.1 Å². The van der Waals surface area contributed by atoms with Crippen molar-refractivity contribution in [1.29, 1.82) is 0 Å². The van der Waals surface area contributed by atoms with Crippen molar-refractivity contribution in [1.82, 2.24) is 5.32 Å². The van der Waals surface area contributed by atoms with Crippen LogP contribution >= 0.6 is 0 Å². The largest absolute Gasteiger partial charge is 0.416 e. The van der Waals surface area contributed by atoms with Gasteiger partial charge in [-0.1, -0.05) is 0 Å². The first kappa shape index (κ1) is 14.2. The van der Waals surface area contributed by atoms with Crippen LogP contribution in [0, 0.1) is 0 Å². The predicted octanol–water partition coefficient (Wildman–Crippen LogP) is 3.24. The molecule has 1 aliphatic heterocycles. The van der Waals surface area contributed by atoms with Gasteiger partial charge >= 0.3 is 6.18 Å². The lowest BCUT2D eigenvalue weighted by Crippen LogP contribution is -2.31. The number of benzene rings is 1. The highest BCUT2D eigenvalue weighted by Crippen LogP contribution is 2.40. The molecule has 0 bridgehead atoms. The van der Waals surface area contributed by atoms with E-state index in [4.69, 9.17) is 0 Å². The Balaban J connectivity index is 2.42. The molecule has 0 saturated carbocycles. The van der Waals surface area contributed by atoms with Gasteiger partial charge in [0.25, 0.3) is 0 Å². The second kappa shape index (κ2) is 5.04. The summed E-state index contributed by atoms with van der Waals surface area (Å²) in [6.07, 6.45) is -4.27. The van der Waals surface area contributed by atoms with E-state index in [0.717, 1.165) is 17.8 Å². The quantitative estimate of drug-likeness (QED) is 0.908. The highest BCUT2D eigenvalue weighted by Gasteiger charge is 2.35. The maximum atomic E-state index is 12.8. The van der Waals surface area contributed by atoms with E-state index in [1.54, 1.807) is 6.07 Å². The Hall–Kier alpha value is -1.23. The van der Waals surface area contributed by atoms with E-state index in [-0.39, 0.29) is 12.0 Å². The number of halogens is 3. The number of alkyl halides is 3. The van der Waals surface area contributed by atoms with Gasteiger partial charge in [0, 0.05) is 30.7 Å². The Morgan fingerprint density at radius 2 is 2.05 bits per heavy atom. The fourth-order valence-electron chi connectivity index (χ4n) is 2.66. The van der Waals surface area contributed by atoms with Gasteiger partial charge < -0.3 is 10.2 Å². The van der Waals surface area contributed by atoms with Gasteiger partial charge in [0.05, 0.1) is 5.56 Å². The lowest BCUT2D eigenvalue weighted by Gasteiger charge is -2.24. The van der Waals surface area contributed by atoms with Crippen LogP contribution in [0.2, 0.25) is 0 Å². The summed E-state index contributed by atoms with van der Waals surface area (Å²) in [5, 5.41) is 3.06. The summed E-state index contributed by atoms with van der Waals surface area (Å²) in [5.41, 5.74) is 1.18. The van der Waals surface area contributed by atoms with Gasteiger partial charge in [0.1, 0.15) is 0 Å². The highest BCUT2D eigenvalue weighted by atomic mass is 19.4. The number of hydrogen-bond acceptors (Lipinski definition) is 2. The van der Waals surface area contributed by atoms with Crippen LogP contribution in [0.1, 0.15) is 30.9 Å². The van der Waals surface area contributed by atoms with Crippen LogP contribution in [0.5, 0.6) is 0 Å². The van der Waals surface area contributed by atoms with Gasteiger partial charge in [-0.15, -0.1) is 0 Å². The summed E-state index contributed by atoms with van der Waals surface area (Å²) in [5.74, 6) is 0.115. The van der Waals surface area contributed by atoms with Crippen molar-refractivity contribution in [3.8, 4) is 0 Å². The molecule has 0 aliphatic carbocycles. The standard InChI is InChI=1S/C14H19F3N2/c1-9(2)19-8-10(7-18-3)12-6-11(14(15,16)17)4-5-13(12)19/h4-6,9-10,18H,7-8H2,1-3H3. The molecule has 1 aromatic carbocycles. The molecule has 2 rings (SSSR count). The Morgan fingerprint density at radius 3 is 2.58 bits per heavy atom. The Kier molecular flexibility index (Phi) is 3.76. The number of anilines is 1. The minimum absolute atomic E-state index is 0.115. The molecule has 0 radical (unpaired) electrons. The average molecular weight is 272 g/mol. The summed E-state index contributed by atoms with van der Waals surface area (Å²) in [7, 11) is 1.82. The Bertz CT molecular complexity index is 454. The number of likely N-dealkylation sites (N-methyl/N-ethyl adjacent to an activating group) is 1. The van der Waals surface area contributed by atoms with E-state index in [9.17, 15) is 13.2 Å². The van der Waals surface area contributed by atoms with Crippen molar-refractivity contribution in [2.75, 3.05) is 25.0 Å². The van der Waals surface area contributed by atoms with Gasteiger partial charge in [-0.25, -0.2) is 0 Å². The molecule has 5 heteroatoms. The monoisotopic (exact) mass is 272 g/mol. The van der Waals surface area contributed by atoms with E-state index in [1.807, 2.05) is 7.05 Å². The van der Waals surface area contributed by atoms with E-state index < -0.39 is 11.7 Å². The first-order valence-corrected chi connectivity index (χ1v) is 6.47. The van der Waals surface area contributed by atoms with E-state index in [0.29, 0.717) is 6.54 Å². The minimum Gasteiger partial charge on any atom is -0.368 e. The lowest BCUT2D eigenvalue weighted by molar-refractivity contribution is -0.137. The van der Waals surface area contributed by atoms with Crippen molar-refractivity contribution in [2.45, 2.75) is 32.0 Å². The van der Waals surface area contributed by atoms with Crippen LogP contribution < -0.4 is 10.2 Å². The van der Waals surface area contributed by atoms with Crippen molar-refractivity contribution in [3.63, 3.8) is 0 Å². The first-order valence-electron chi connectivity index (χ1n) is 6.47. The highest BCUT2D eigenvalue weighted by molar-refractivity contribution is 5.62. The molecule has 1 aliphatic rings. The van der Waals surface area contributed by atoms with Gasteiger partial charge in [-0.3, -0.25) is 0 Å². The lowest BCUT2D eigenvalue weighted by atomic mass is 9.99. The topological polar surface area (TPSA) is 15.3 Å². The molecule has 1 N–H and O–H groups in total. The molecule has 1 atom stereocenters.